The van der Waals surface area contributed by atoms with Crippen molar-refractivity contribution in [3.63, 3.8) is 0 Å². The Balaban J connectivity index is 3.05. The molecule has 3 nitrogen and oxygen atoms in total. The maximum absolute atomic E-state index is 12.8. The zero-order valence-electron chi connectivity index (χ0n) is 7.37. The lowest BCUT2D eigenvalue weighted by atomic mass is 10.2. The van der Waals surface area contributed by atoms with Gasteiger partial charge in [0.1, 0.15) is 11.6 Å². The monoisotopic (exact) mass is 194 g/mol. The first-order valence-electron chi connectivity index (χ1n) is 3.71. The fraction of sp³-hybridized carbons (Fsp3) is 0.100. The van der Waals surface area contributed by atoms with Crippen LogP contribution in [0.2, 0.25) is 0 Å². The molecule has 4 heteroatoms. The van der Waals surface area contributed by atoms with E-state index in [1.54, 1.807) is 0 Å². The SMILES string of the molecule is COc1cc(F)cc(C#CC(=O)O)c1. The average Bonchev–Trinajstić information content (AvgIpc) is 2.14. The van der Waals surface area contributed by atoms with E-state index in [0.717, 1.165) is 6.07 Å². The van der Waals surface area contributed by atoms with Crippen LogP contribution in [0.15, 0.2) is 18.2 Å². The number of halogens is 1. The van der Waals surface area contributed by atoms with Crippen LogP contribution in [0.5, 0.6) is 5.75 Å². The lowest BCUT2D eigenvalue weighted by Crippen LogP contribution is -1.89. The minimum atomic E-state index is -1.26. The third-order valence-electron chi connectivity index (χ3n) is 1.42. The van der Waals surface area contributed by atoms with Gasteiger partial charge >= 0.3 is 5.97 Å². The Morgan fingerprint density at radius 1 is 1.50 bits per heavy atom. The van der Waals surface area contributed by atoms with Crippen molar-refractivity contribution in [1.82, 2.24) is 0 Å². The normalized spacial score (nSPS) is 8.71. The van der Waals surface area contributed by atoms with Crippen LogP contribution in [0.3, 0.4) is 0 Å². The Morgan fingerprint density at radius 2 is 2.21 bits per heavy atom. The molecule has 14 heavy (non-hydrogen) atoms. The molecule has 0 aliphatic carbocycles. The summed E-state index contributed by atoms with van der Waals surface area (Å²) < 4.78 is 17.6. The second kappa shape index (κ2) is 4.28. The molecule has 72 valence electrons. The van der Waals surface area contributed by atoms with Crippen molar-refractivity contribution in [1.29, 1.82) is 0 Å². The lowest BCUT2D eigenvalue weighted by Gasteiger charge is -1.99. The molecule has 1 rings (SSSR count). The van der Waals surface area contributed by atoms with Gasteiger partial charge in [0.15, 0.2) is 0 Å². The summed E-state index contributed by atoms with van der Waals surface area (Å²) in [5.74, 6) is 2.71. The zero-order valence-corrected chi connectivity index (χ0v) is 7.37. The Bertz CT molecular complexity index is 415. The highest BCUT2D eigenvalue weighted by atomic mass is 19.1. The van der Waals surface area contributed by atoms with Crippen molar-refractivity contribution in [2.75, 3.05) is 7.11 Å². The van der Waals surface area contributed by atoms with Gasteiger partial charge in [-0.05, 0) is 12.1 Å². The van der Waals surface area contributed by atoms with E-state index in [4.69, 9.17) is 9.84 Å². The lowest BCUT2D eigenvalue weighted by molar-refractivity contribution is -0.130. The zero-order chi connectivity index (χ0) is 10.6. The van der Waals surface area contributed by atoms with Crippen molar-refractivity contribution >= 4 is 5.97 Å². The van der Waals surface area contributed by atoms with Crippen LogP contribution in [0.4, 0.5) is 4.39 Å². The highest BCUT2D eigenvalue weighted by Crippen LogP contribution is 2.14. The van der Waals surface area contributed by atoms with E-state index >= 15 is 0 Å². The molecule has 0 saturated carbocycles. The number of hydrogen-bond acceptors (Lipinski definition) is 2. The number of carboxylic acid groups (broad SMARTS) is 1. The third kappa shape index (κ3) is 2.79. The third-order valence-corrected chi connectivity index (χ3v) is 1.42. The molecule has 1 N–H and O–H groups in total. The molecule has 0 spiro atoms. The van der Waals surface area contributed by atoms with Gasteiger partial charge in [-0.15, -0.1) is 0 Å². The first-order chi connectivity index (χ1) is 6.61. The van der Waals surface area contributed by atoms with Crippen LogP contribution in [-0.4, -0.2) is 18.2 Å². The van der Waals surface area contributed by atoms with Crippen molar-refractivity contribution in [3.05, 3.63) is 29.6 Å². The molecular weight excluding hydrogens is 187 g/mol. The van der Waals surface area contributed by atoms with E-state index in [0.29, 0.717) is 5.75 Å². The van der Waals surface area contributed by atoms with Crippen molar-refractivity contribution in [2.45, 2.75) is 0 Å². The standard InChI is InChI=1S/C10H7FO3/c1-14-9-5-7(2-3-10(12)13)4-8(11)6-9/h4-6H,1H3,(H,12,13). The van der Waals surface area contributed by atoms with Crippen molar-refractivity contribution in [3.8, 4) is 17.6 Å². The number of methoxy groups -OCH3 is 1. The number of ether oxygens (including phenoxy) is 1. The van der Waals surface area contributed by atoms with E-state index in [1.165, 1.54) is 19.2 Å². The van der Waals surface area contributed by atoms with E-state index in [9.17, 15) is 9.18 Å². The summed E-state index contributed by atoms with van der Waals surface area (Å²) >= 11 is 0. The number of aliphatic carboxylic acids is 1. The van der Waals surface area contributed by atoms with Gasteiger partial charge in [0.05, 0.1) is 7.11 Å². The first kappa shape index (κ1) is 10.1. The van der Waals surface area contributed by atoms with Crippen molar-refractivity contribution < 1.29 is 19.0 Å². The van der Waals surface area contributed by atoms with E-state index in [-0.39, 0.29) is 5.56 Å². The quantitative estimate of drug-likeness (QED) is 0.685. The molecule has 1 aromatic rings. The summed E-state index contributed by atoms with van der Waals surface area (Å²) in [5.41, 5.74) is 0.268. The highest BCUT2D eigenvalue weighted by molar-refractivity contribution is 5.87. The molecule has 0 fully saturated rings. The minimum Gasteiger partial charge on any atom is -0.497 e. The molecule has 0 aromatic heterocycles. The maximum atomic E-state index is 12.8. The largest absolute Gasteiger partial charge is 0.497 e. The van der Waals surface area contributed by atoms with E-state index in [2.05, 4.69) is 5.92 Å². The molecule has 0 atom stereocenters. The molecule has 0 bridgehead atoms. The topological polar surface area (TPSA) is 46.5 Å². The summed E-state index contributed by atoms with van der Waals surface area (Å²) in [6.07, 6.45) is 0. The molecule has 0 saturated heterocycles. The predicted molar refractivity (Wildman–Crippen MR) is 47.5 cm³/mol. The molecule has 1 aromatic carbocycles. The van der Waals surface area contributed by atoms with Crippen LogP contribution in [-0.2, 0) is 4.79 Å². The number of rotatable bonds is 1. The van der Waals surface area contributed by atoms with Crippen LogP contribution in [0.1, 0.15) is 5.56 Å². The Hall–Kier alpha value is -2.02. The number of carboxylic acids is 1. The van der Waals surface area contributed by atoms with Gasteiger partial charge < -0.3 is 9.84 Å². The smallest absolute Gasteiger partial charge is 0.382 e. The van der Waals surface area contributed by atoms with Crippen LogP contribution in [0.25, 0.3) is 0 Å². The van der Waals surface area contributed by atoms with Gasteiger partial charge in [-0.2, -0.15) is 0 Å². The Kier molecular flexibility index (Phi) is 3.08. The fourth-order valence-corrected chi connectivity index (χ4v) is 0.878. The maximum Gasteiger partial charge on any atom is 0.382 e. The molecule has 0 aliphatic rings. The summed E-state index contributed by atoms with van der Waals surface area (Å²) in [5, 5.41) is 8.27. The summed E-state index contributed by atoms with van der Waals surface area (Å²) in [4.78, 5) is 10.1. The van der Waals surface area contributed by atoms with Crippen LogP contribution >= 0.6 is 0 Å². The molecular formula is C10H7FO3. The van der Waals surface area contributed by atoms with Crippen LogP contribution < -0.4 is 4.74 Å². The Labute approximate surface area is 80.1 Å². The van der Waals surface area contributed by atoms with Gasteiger partial charge in [-0.3, -0.25) is 0 Å². The van der Waals surface area contributed by atoms with Crippen LogP contribution in [0, 0.1) is 17.7 Å². The fourth-order valence-electron chi connectivity index (χ4n) is 0.878. The molecule has 0 heterocycles. The number of hydrogen-bond donors (Lipinski definition) is 1. The highest BCUT2D eigenvalue weighted by Gasteiger charge is 1.98. The molecule has 0 amide bonds. The molecule has 0 unspecified atom stereocenters. The Morgan fingerprint density at radius 3 is 2.79 bits per heavy atom. The molecule has 0 aliphatic heterocycles. The van der Waals surface area contributed by atoms with Gasteiger partial charge in [0.2, 0.25) is 0 Å². The molecule has 0 radical (unpaired) electrons. The number of carbonyl (C=O) groups is 1. The van der Waals surface area contributed by atoms with Gasteiger partial charge in [-0.1, -0.05) is 5.92 Å². The first-order valence-corrected chi connectivity index (χ1v) is 3.71. The second-order valence-electron chi connectivity index (χ2n) is 2.43. The summed E-state index contributed by atoms with van der Waals surface area (Å²) in [7, 11) is 1.39. The summed E-state index contributed by atoms with van der Waals surface area (Å²) in [6.45, 7) is 0. The van der Waals surface area contributed by atoms with Crippen molar-refractivity contribution in [2.24, 2.45) is 0 Å². The number of benzene rings is 1. The predicted octanol–water partition coefficient (Wildman–Crippen LogP) is 1.27. The van der Waals surface area contributed by atoms with Gasteiger partial charge in [0.25, 0.3) is 0 Å². The van der Waals surface area contributed by atoms with E-state index in [1.807, 2.05) is 5.92 Å². The van der Waals surface area contributed by atoms with E-state index < -0.39 is 11.8 Å². The average molecular weight is 194 g/mol. The minimum absolute atomic E-state index is 0.268. The summed E-state index contributed by atoms with van der Waals surface area (Å²) in [6, 6.07) is 3.78. The van der Waals surface area contributed by atoms with Gasteiger partial charge in [0, 0.05) is 17.6 Å². The second-order valence-corrected chi connectivity index (χ2v) is 2.43. The van der Waals surface area contributed by atoms with Gasteiger partial charge in [-0.25, -0.2) is 9.18 Å².